The molecule has 2 rings (SSSR count). The largest absolute Gasteiger partial charge is 0.384 e. The average molecular weight is 511 g/mol. The molecule has 0 aromatic rings. The number of hydrogen-bond donors (Lipinski definition) is 1. The lowest BCUT2D eigenvalue weighted by Crippen LogP contribution is -2.30. The topological polar surface area (TPSA) is 54.4 Å². The molecule has 0 spiro atoms. The van der Waals surface area contributed by atoms with Crippen molar-refractivity contribution in [3.05, 3.63) is 130 Å². The van der Waals surface area contributed by atoms with E-state index in [-0.39, 0.29) is 11.6 Å². The highest BCUT2D eigenvalue weighted by atomic mass is 16.3. The van der Waals surface area contributed by atoms with Crippen LogP contribution in [-0.2, 0) is 9.59 Å². The molecule has 0 aliphatic heterocycles. The van der Waals surface area contributed by atoms with E-state index in [1.807, 2.05) is 88.5 Å². The van der Waals surface area contributed by atoms with Crippen LogP contribution in [0.4, 0.5) is 0 Å². The molecule has 1 N–H and O–H groups in total. The third kappa shape index (κ3) is 9.39. The van der Waals surface area contributed by atoms with Crippen molar-refractivity contribution in [3.63, 3.8) is 0 Å². The van der Waals surface area contributed by atoms with Crippen LogP contribution in [0.1, 0.15) is 61.3 Å². The summed E-state index contributed by atoms with van der Waals surface area (Å²) in [5.74, 6) is 0.0370. The maximum atomic E-state index is 12.1. The Morgan fingerprint density at radius 1 is 0.763 bits per heavy atom. The van der Waals surface area contributed by atoms with Crippen molar-refractivity contribution in [1.29, 1.82) is 0 Å². The van der Waals surface area contributed by atoms with Gasteiger partial charge in [0.05, 0.1) is 0 Å². The average Bonchev–Trinajstić information content (AvgIpc) is 3.34. The Kier molecular flexibility index (Phi) is 11.6. The molecular formula is C35H42O3. The molecule has 3 heteroatoms. The zero-order valence-corrected chi connectivity index (χ0v) is 23.9. The molecule has 0 radical (unpaired) electrons. The van der Waals surface area contributed by atoms with E-state index >= 15 is 0 Å². The zero-order chi connectivity index (χ0) is 28.3. The summed E-state index contributed by atoms with van der Waals surface area (Å²) in [5.41, 5.74) is 6.55. The smallest absolute Gasteiger partial charge is 0.188 e. The summed E-state index contributed by atoms with van der Waals surface area (Å²) in [6, 6.07) is 0. The quantitative estimate of drug-likeness (QED) is 0.302. The molecule has 2 aliphatic rings. The molecule has 0 saturated heterocycles. The summed E-state index contributed by atoms with van der Waals surface area (Å²) < 4.78 is 0. The Labute approximate surface area is 229 Å². The van der Waals surface area contributed by atoms with Gasteiger partial charge >= 0.3 is 0 Å². The van der Waals surface area contributed by atoms with Gasteiger partial charge in [-0.25, -0.2) is 0 Å². The number of Topliss-reactive ketones (excluding diaryl/α,β-unsaturated/α-hetero) is 1. The van der Waals surface area contributed by atoms with Crippen molar-refractivity contribution in [2.24, 2.45) is 5.41 Å². The maximum Gasteiger partial charge on any atom is 0.188 e. The van der Waals surface area contributed by atoms with E-state index in [0.29, 0.717) is 12.0 Å². The summed E-state index contributed by atoms with van der Waals surface area (Å²) in [6.07, 6.45) is 30.7. The van der Waals surface area contributed by atoms with Gasteiger partial charge in [0.25, 0.3) is 0 Å². The van der Waals surface area contributed by atoms with Gasteiger partial charge in [-0.1, -0.05) is 121 Å². The van der Waals surface area contributed by atoms with E-state index in [1.54, 1.807) is 13.0 Å². The number of carbonyl (C=O) groups is 2. The van der Waals surface area contributed by atoms with E-state index in [2.05, 4.69) is 38.2 Å². The van der Waals surface area contributed by atoms with Gasteiger partial charge in [0.2, 0.25) is 0 Å². The number of hydrogen-bond acceptors (Lipinski definition) is 3. The summed E-state index contributed by atoms with van der Waals surface area (Å²) in [5, 5.41) is 10.2. The van der Waals surface area contributed by atoms with Crippen molar-refractivity contribution < 1.29 is 14.7 Å². The molecule has 200 valence electrons. The standard InChI is InChI=1S/C35H42O3/c1-25(14-10-16-27(3)18-20-30-21-22-31(36)24-30)12-8-9-13-26(2)15-11-17-28(4)19-23-32-29(5)33(37)34(38)35(32,6)7/h8-20,23-24,34,38H,21-22H2,1-7H3. The molecule has 38 heavy (non-hydrogen) atoms. The fourth-order valence-electron chi connectivity index (χ4n) is 4.18. The first-order chi connectivity index (χ1) is 17.9. The number of aliphatic hydroxyl groups is 1. The fourth-order valence-corrected chi connectivity index (χ4v) is 4.18. The molecule has 2 aliphatic carbocycles. The Morgan fingerprint density at radius 2 is 1.24 bits per heavy atom. The van der Waals surface area contributed by atoms with Crippen molar-refractivity contribution in [2.75, 3.05) is 0 Å². The van der Waals surface area contributed by atoms with Gasteiger partial charge in [-0.15, -0.1) is 0 Å². The highest BCUT2D eigenvalue weighted by Crippen LogP contribution is 2.41. The molecule has 0 fully saturated rings. The van der Waals surface area contributed by atoms with Crippen LogP contribution in [-0.4, -0.2) is 22.8 Å². The minimum Gasteiger partial charge on any atom is -0.384 e. The zero-order valence-electron chi connectivity index (χ0n) is 23.9. The van der Waals surface area contributed by atoms with Gasteiger partial charge in [-0.2, -0.15) is 0 Å². The highest BCUT2D eigenvalue weighted by molar-refractivity contribution is 6.03. The number of ketones is 2. The molecule has 0 amide bonds. The predicted octanol–water partition coefficient (Wildman–Crippen LogP) is 8.13. The Hall–Kier alpha value is -3.56. The molecule has 1 unspecified atom stereocenters. The van der Waals surface area contributed by atoms with Crippen molar-refractivity contribution in [3.8, 4) is 0 Å². The van der Waals surface area contributed by atoms with Crippen LogP contribution in [0.2, 0.25) is 0 Å². The predicted molar refractivity (Wildman–Crippen MR) is 161 cm³/mol. The third-order valence-electron chi connectivity index (χ3n) is 6.75. The Balaban J connectivity index is 1.87. The van der Waals surface area contributed by atoms with Crippen molar-refractivity contribution >= 4 is 11.6 Å². The van der Waals surface area contributed by atoms with Crippen molar-refractivity contribution in [1.82, 2.24) is 0 Å². The Morgan fingerprint density at radius 3 is 1.68 bits per heavy atom. The van der Waals surface area contributed by atoms with Crippen molar-refractivity contribution in [2.45, 2.75) is 67.4 Å². The Bertz CT molecular complexity index is 1260. The molecule has 0 bridgehead atoms. The highest BCUT2D eigenvalue weighted by Gasteiger charge is 2.43. The summed E-state index contributed by atoms with van der Waals surface area (Å²) in [7, 11) is 0. The first kappa shape index (κ1) is 30.7. The second-order valence-corrected chi connectivity index (χ2v) is 10.6. The number of carbonyl (C=O) groups excluding carboxylic acids is 2. The number of allylic oxidation sites excluding steroid dienone is 20. The van der Waals surface area contributed by atoms with Crippen LogP contribution in [0, 0.1) is 5.41 Å². The molecular weight excluding hydrogens is 468 g/mol. The molecule has 0 saturated carbocycles. The maximum absolute atomic E-state index is 12.1. The molecule has 0 heterocycles. The third-order valence-corrected chi connectivity index (χ3v) is 6.75. The second-order valence-electron chi connectivity index (χ2n) is 10.6. The summed E-state index contributed by atoms with van der Waals surface area (Å²) in [6.45, 7) is 13.8. The fraction of sp³-hybridized carbons (Fsp3) is 0.314. The summed E-state index contributed by atoms with van der Waals surface area (Å²) in [4.78, 5) is 23.4. The van der Waals surface area contributed by atoms with Gasteiger partial charge in [-0.3, -0.25) is 9.59 Å². The van der Waals surface area contributed by atoms with E-state index in [0.717, 1.165) is 39.9 Å². The van der Waals surface area contributed by atoms with Crippen LogP contribution >= 0.6 is 0 Å². The second kappa shape index (κ2) is 14.4. The van der Waals surface area contributed by atoms with E-state index < -0.39 is 11.5 Å². The number of rotatable bonds is 10. The minimum atomic E-state index is -0.968. The van der Waals surface area contributed by atoms with Gasteiger partial charge in [-0.05, 0) is 63.8 Å². The SMILES string of the molecule is CC(C=CC=C(C)C=CC1=CC(=O)CC1)=CC=CC=C(C)C=CC=C(C)C=CC1=C(C)C(=O)C(O)C1(C)C. The van der Waals surface area contributed by atoms with Gasteiger partial charge < -0.3 is 5.11 Å². The van der Waals surface area contributed by atoms with Crippen LogP contribution in [0.15, 0.2) is 130 Å². The van der Waals surface area contributed by atoms with Gasteiger partial charge in [0, 0.05) is 11.8 Å². The van der Waals surface area contributed by atoms with Gasteiger partial charge in [0.1, 0.15) is 6.10 Å². The normalized spacial score (nSPS) is 22.2. The van der Waals surface area contributed by atoms with Gasteiger partial charge in [0.15, 0.2) is 11.6 Å². The molecule has 1 atom stereocenters. The van der Waals surface area contributed by atoms with E-state index in [9.17, 15) is 14.7 Å². The monoisotopic (exact) mass is 510 g/mol. The first-order valence-electron chi connectivity index (χ1n) is 13.2. The van der Waals surface area contributed by atoms with Crippen LogP contribution in [0.3, 0.4) is 0 Å². The van der Waals surface area contributed by atoms with Crippen LogP contribution < -0.4 is 0 Å². The molecule has 0 aromatic heterocycles. The lowest BCUT2D eigenvalue weighted by atomic mass is 9.83. The summed E-state index contributed by atoms with van der Waals surface area (Å²) >= 11 is 0. The minimum absolute atomic E-state index is 0.182. The first-order valence-corrected chi connectivity index (χ1v) is 13.2. The lowest BCUT2D eigenvalue weighted by Gasteiger charge is -2.24. The van der Waals surface area contributed by atoms with Crippen LogP contribution in [0.25, 0.3) is 0 Å². The number of aliphatic hydroxyl groups excluding tert-OH is 1. The molecule has 0 aromatic carbocycles. The molecule has 3 nitrogen and oxygen atoms in total. The lowest BCUT2D eigenvalue weighted by molar-refractivity contribution is -0.125. The van der Waals surface area contributed by atoms with E-state index in [4.69, 9.17) is 0 Å². The van der Waals surface area contributed by atoms with Crippen LogP contribution in [0.5, 0.6) is 0 Å². The van der Waals surface area contributed by atoms with E-state index in [1.165, 1.54) is 0 Å².